The van der Waals surface area contributed by atoms with E-state index in [1.807, 2.05) is 0 Å². The Balaban J connectivity index is 2.15. The van der Waals surface area contributed by atoms with Gasteiger partial charge in [-0.15, -0.1) is 22.7 Å². The largest absolute Gasteiger partial charge is 0.330 e. The Morgan fingerprint density at radius 2 is 1.65 bits per heavy atom. The lowest BCUT2D eigenvalue weighted by Gasteiger charge is -1.91. The summed E-state index contributed by atoms with van der Waals surface area (Å²) < 4.78 is 0. The van der Waals surface area contributed by atoms with Crippen LogP contribution in [0.15, 0.2) is 0 Å². The van der Waals surface area contributed by atoms with Crippen LogP contribution in [0.3, 0.4) is 0 Å². The minimum Gasteiger partial charge on any atom is -0.330 e. The first kappa shape index (κ1) is 12.7. The fourth-order valence-electron chi connectivity index (χ4n) is 1.67. The van der Waals surface area contributed by atoms with E-state index < -0.39 is 0 Å². The van der Waals surface area contributed by atoms with Gasteiger partial charge in [0.2, 0.25) is 0 Å². The molecular weight excluding hydrogens is 250 g/mol. The van der Waals surface area contributed by atoms with Gasteiger partial charge in [-0.1, -0.05) is 0 Å². The van der Waals surface area contributed by atoms with E-state index >= 15 is 0 Å². The molecule has 0 bridgehead atoms. The number of aryl methyl sites for hydroxylation is 3. The highest BCUT2D eigenvalue weighted by Crippen LogP contribution is 2.24. The van der Waals surface area contributed by atoms with Crippen molar-refractivity contribution < 1.29 is 0 Å². The van der Waals surface area contributed by atoms with E-state index in [9.17, 15) is 0 Å². The highest BCUT2D eigenvalue weighted by atomic mass is 32.1. The van der Waals surface area contributed by atoms with E-state index in [0.29, 0.717) is 6.54 Å². The molecule has 0 amide bonds. The number of hydrogen-bond donors (Lipinski definition) is 1. The summed E-state index contributed by atoms with van der Waals surface area (Å²) in [6, 6.07) is 0. The molecule has 2 aromatic rings. The maximum absolute atomic E-state index is 5.58. The van der Waals surface area contributed by atoms with Gasteiger partial charge in [-0.05, 0) is 33.7 Å². The molecule has 0 aliphatic carbocycles. The van der Waals surface area contributed by atoms with Crippen LogP contribution >= 0.6 is 22.7 Å². The van der Waals surface area contributed by atoms with Crippen molar-refractivity contribution in [3.8, 4) is 0 Å². The van der Waals surface area contributed by atoms with E-state index in [1.165, 1.54) is 9.75 Å². The molecule has 0 saturated carbocycles. The Kier molecular flexibility index (Phi) is 3.91. The van der Waals surface area contributed by atoms with Gasteiger partial charge in [0.1, 0.15) is 0 Å². The molecule has 0 unspecified atom stereocenters. The average Bonchev–Trinajstić information content (AvgIpc) is 2.73. The SMILES string of the molecule is Cc1nc(Cc2nc(C)c(CCN)s2)sc1C. The lowest BCUT2D eigenvalue weighted by molar-refractivity contribution is 0.966. The third-order valence-corrected chi connectivity index (χ3v) is 4.97. The molecule has 0 radical (unpaired) electrons. The number of aromatic nitrogens is 2. The Hall–Kier alpha value is -0.780. The third-order valence-electron chi connectivity index (χ3n) is 2.68. The van der Waals surface area contributed by atoms with Gasteiger partial charge in [-0.3, -0.25) is 0 Å². The van der Waals surface area contributed by atoms with E-state index in [4.69, 9.17) is 5.73 Å². The van der Waals surface area contributed by atoms with Crippen LogP contribution in [0.2, 0.25) is 0 Å². The molecule has 0 aliphatic rings. The smallest absolute Gasteiger partial charge is 0.0999 e. The zero-order valence-corrected chi connectivity index (χ0v) is 12.0. The molecule has 17 heavy (non-hydrogen) atoms. The van der Waals surface area contributed by atoms with Crippen molar-refractivity contribution in [1.82, 2.24) is 9.97 Å². The van der Waals surface area contributed by atoms with Crippen LogP contribution in [0.4, 0.5) is 0 Å². The molecule has 0 atom stereocenters. The number of thiazole rings is 2. The van der Waals surface area contributed by atoms with Crippen molar-refractivity contribution >= 4 is 22.7 Å². The Morgan fingerprint density at radius 3 is 2.24 bits per heavy atom. The molecule has 3 nitrogen and oxygen atoms in total. The molecule has 0 aliphatic heterocycles. The van der Waals surface area contributed by atoms with Crippen molar-refractivity contribution in [2.75, 3.05) is 6.54 Å². The maximum Gasteiger partial charge on any atom is 0.0999 e. The van der Waals surface area contributed by atoms with Crippen molar-refractivity contribution in [2.24, 2.45) is 5.73 Å². The lowest BCUT2D eigenvalue weighted by Crippen LogP contribution is -2.01. The minimum absolute atomic E-state index is 0.692. The summed E-state index contributed by atoms with van der Waals surface area (Å²) in [5.74, 6) is 0. The first-order valence-electron chi connectivity index (χ1n) is 5.68. The first-order valence-corrected chi connectivity index (χ1v) is 7.31. The second-order valence-electron chi connectivity index (χ2n) is 4.08. The molecule has 2 N–H and O–H groups in total. The van der Waals surface area contributed by atoms with E-state index in [2.05, 4.69) is 30.7 Å². The third kappa shape index (κ3) is 2.91. The molecular formula is C12H17N3S2. The molecule has 0 saturated heterocycles. The predicted molar refractivity (Wildman–Crippen MR) is 74.0 cm³/mol. The number of nitrogens with two attached hydrogens (primary N) is 1. The van der Waals surface area contributed by atoms with Crippen LogP contribution in [0.5, 0.6) is 0 Å². The minimum atomic E-state index is 0.692. The zero-order valence-electron chi connectivity index (χ0n) is 10.4. The summed E-state index contributed by atoms with van der Waals surface area (Å²) in [5, 5.41) is 2.31. The van der Waals surface area contributed by atoms with Crippen molar-refractivity contribution in [3.05, 3.63) is 31.2 Å². The molecule has 2 heterocycles. The topological polar surface area (TPSA) is 51.8 Å². The summed E-state index contributed by atoms with van der Waals surface area (Å²) in [7, 11) is 0. The van der Waals surface area contributed by atoms with E-state index in [0.717, 1.165) is 34.2 Å². The molecule has 5 heteroatoms. The summed E-state index contributed by atoms with van der Waals surface area (Å²) in [6.07, 6.45) is 1.79. The first-order chi connectivity index (χ1) is 8.10. The van der Waals surface area contributed by atoms with Crippen LogP contribution < -0.4 is 5.73 Å². The summed E-state index contributed by atoms with van der Waals surface area (Å²) in [6.45, 7) is 6.92. The van der Waals surface area contributed by atoms with Crippen LogP contribution in [0, 0.1) is 20.8 Å². The van der Waals surface area contributed by atoms with Crippen LogP contribution in [-0.2, 0) is 12.8 Å². The Labute approximate surface area is 110 Å². The van der Waals surface area contributed by atoms with E-state index in [1.54, 1.807) is 22.7 Å². The van der Waals surface area contributed by atoms with Crippen molar-refractivity contribution in [3.63, 3.8) is 0 Å². The zero-order chi connectivity index (χ0) is 12.4. The highest BCUT2D eigenvalue weighted by Gasteiger charge is 2.10. The quantitative estimate of drug-likeness (QED) is 0.926. The maximum atomic E-state index is 5.58. The van der Waals surface area contributed by atoms with Gasteiger partial charge < -0.3 is 5.73 Å². The standard InChI is InChI=1S/C12H17N3S2/c1-7-9(3)16-11(14-7)6-12-15-8(2)10(17-12)4-5-13/h4-6,13H2,1-3H3. The summed E-state index contributed by atoms with van der Waals surface area (Å²) in [5.41, 5.74) is 7.85. The molecule has 2 rings (SSSR count). The second-order valence-corrected chi connectivity index (χ2v) is 6.54. The van der Waals surface area contributed by atoms with Gasteiger partial charge in [0, 0.05) is 9.75 Å². The van der Waals surface area contributed by atoms with Gasteiger partial charge in [0.15, 0.2) is 0 Å². The number of hydrogen-bond acceptors (Lipinski definition) is 5. The van der Waals surface area contributed by atoms with Gasteiger partial charge in [-0.2, -0.15) is 0 Å². The van der Waals surface area contributed by atoms with Gasteiger partial charge in [0.25, 0.3) is 0 Å². The molecule has 0 spiro atoms. The second kappa shape index (κ2) is 5.25. The fourth-order valence-corrected chi connectivity index (χ4v) is 3.79. The normalized spacial score (nSPS) is 11.1. The van der Waals surface area contributed by atoms with Gasteiger partial charge in [0.05, 0.1) is 27.8 Å². The summed E-state index contributed by atoms with van der Waals surface area (Å²) >= 11 is 3.54. The van der Waals surface area contributed by atoms with Crippen LogP contribution in [-0.4, -0.2) is 16.5 Å². The molecule has 0 aromatic carbocycles. The predicted octanol–water partition coefficient (Wildman–Crippen LogP) is 2.62. The van der Waals surface area contributed by atoms with Crippen LogP contribution in [0.25, 0.3) is 0 Å². The van der Waals surface area contributed by atoms with Crippen LogP contribution in [0.1, 0.15) is 31.2 Å². The molecule has 92 valence electrons. The van der Waals surface area contributed by atoms with Crippen molar-refractivity contribution in [1.29, 1.82) is 0 Å². The monoisotopic (exact) mass is 267 g/mol. The average molecular weight is 267 g/mol. The lowest BCUT2D eigenvalue weighted by atomic mass is 10.3. The molecule has 0 fully saturated rings. The number of nitrogens with zero attached hydrogens (tertiary/aromatic N) is 2. The molecule has 2 aromatic heterocycles. The Morgan fingerprint density at radius 1 is 1.00 bits per heavy atom. The fraction of sp³-hybridized carbons (Fsp3) is 0.500. The van der Waals surface area contributed by atoms with Crippen molar-refractivity contribution in [2.45, 2.75) is 33.6 Å². The van der Waals surface area contributed by atoms with Gasteiger partial charge >= 0.3 is 0 Å². The number of rotatable bonds is 4. The Bertz CT molecular complexity index is 494. The van der Waals surface area contributed by atoms with Gasteiger partial charge in [-0.25, -0.2) is 9.97 Å². The highest BCUT2D eigenvalue weighted by molar-refractivity contribution is 7.13. The summed E-state index contributed by atoms with van der Waals surface area (Å²) in [4.78, 5) is 11.8. The van der Waals surface area contributed by atoms with E-state index in [-0.39, 0.29) is 0 Å².